The minimum Gasteiger partial charge on any atom is -0.486 e. The second kappa shape index (κ2) is 7.52. The summed E-state index contributed by atoms with van der Waals surface area (Å²) in [6.07, 6.45) is 0.716. The van der Waals surface area contributed by atoms with E-state index >= 15 is 0 Å². The van der Waals surface area contributed by atoms with Crippen LogP contribution in [-0.2, 0) is 17.8 Å². The number of hydrogen-bond donors (Lipinski definition) is 1. The molecule has 1 aliphatic heterocycles. The highest BCUT2D eigenvalue weighted by atomic mass is 16.6. The van der Waals surface area contributed by atoms with Crippen molar-refractivity contribution in [2.45, 2.75) is 32.9 Å². The summed E-state index contributed by atoms with van der Waals surface area (Å²) in [5.41, 5.74) is 0.667. The van der Waals surface area contributed by atoms with Crippen LogP contribution in [0.2, 0.25) is 0 Å². The van der Waals surface area contributed by atoms with Crippen molar-refractivity contribution in [3.63, 3.8) is 0 Å². The summed E-state index contributed by atoms with van der Waals surface area (Å²) in [6, 6.07) is 4.99. The second-order valence-electron chi connectivity index (χ2n) is 5.90. The molecule has 0 bridgehead atoms. The van der Waals surface area contributed by atoms with Crippen LogP contribution in [0.3, 0.4) is 0 Å². The van der Waals surface area contributed by atoms with Crippen molar-refractivity contribution >= 4 is 11.6 Å². The third kappa shape index (κ3) is 4.08. The van der Waals surface area contributed by atoms with E-state index in [1.165, 1.54) is 0 Å². The molecular formula is C17H22N4O4. The largest absolute Gasteiger partial charge is 0.486 e. The average molecular weight is 346 g/mol. The van der Waals surface area contributed by atoms with Gasteiger partial charge in [0.05, 0.1) is 12.6 Å². The number of amides is 1. The predicted molar refractivity (Wildman–Crippen MR) is 90.7 cm³/mol. The van der Waals surface area contributed by atoms with Gasteiger partial charge in [-0.05, 0) is 26.1 Å². The fourth-order valence-corrected chi connectivity index (χ4v) is 2.42. The van der Waals surface area contributed by atoms with Gasteiger partial charge in [0.15, 0.2) is 17.3 Å². The van der Waals surface area contributed by atoms with E-state index in [0.29, 0.717) is 55.1 Å². The Morgan fingerprint density at radius 3 is 2.80 bits per heavy atom. The molecule has 0 fully saturated rings. The average Bonchev–Trinajstić information content (AvgIpc) is 3.08. The van der Waals surface area contributed by atoms with Gasteiger partial charge in [-0.15, -0.1) is 0 Å². The number of carbonyl (C=O) groups excluding carboxylic acids is 1. The molecule has 2 aromatic rings. The zero-order chi connectivity index (χ0) is 17.8. The summed E-state index contributed by atoms with van der Waals surface area (Å²) >= 11 is 0. The second-order valence-corrected chi connectivity index (χ2v) is 5.90. The van der Waals surface area contributed by atoms with Gasteiger partial charge in [-0.25, -0.2) is 0 Å². The van der Waals surface area contributed by atoms with Crippen LogP contribution in [-0.4, -0.2) is 47.3 Å². The molecule has 1 aromatic carbocycles. The molecule has 2 heterocycles. The topological polar surface area (TPSA) is 89.7 Å². The quantitative estimate of drug-likeness (QED) is 0.854. The molecule has 0 radical (unpaired) electrons. The highest BCUT2D eigenvalue weighted by Gasteiger charge is 2.21. The molecule has 8 heteroatoms. The number of rotatable bonds is 6. The van der Waals surface area contributed by atoms with Crippen molar-refractivity contribution in [1.82, 2.24) is 15.0 Å². The molecule has 1 unspecified atom stereocenters. The molecule has 1 aliphatic rings. The van der Waals surface area contributed by atoms with E-state index in [-0.39, 0.29) is 11.9 Å². The molecule has 134 valence electrons. The summed E-state index contributed by atoms with van der Waals surface area (Å²) in [5, 5.41) is 6.75. The first-order valence-electron chi connectivity index (χ1n) is 8.29. The molecular weight excluding hydrogens is 324 g/mol. The monoisotopic (exact) mass is 346 g/mol. The van der Waals surface area contributed by atoms with Crippen molar-refractivity contribution in [3.8, 4) is 11.5 Å². The Morgan fingerprint density at radius 2 is 2.08 bits per heavy atom. The number of aromatic nitrogens is 2. The van der Waals surface area contributed by atoms with E-state index in [9.17, 15) is 4.79 Å². The lowest BCUT2D eigenvalue weighted by molar-refractivity contribution is -0.120. The lowest BCUT2D eigenvalue weighted by Gasteiger charge is -2.23. The molecule has 0 spiro atoms. The number of fused-ring (bicyclic) bond motifs is 1. The van der Waals surface area contributed by atoms with Gasteiger partial charge in [0.25, 0.3) is 0 Å². The van der Waals surface area contributed by atoms with Gasteiger partial charge in [0, 0.05) is 18.2 Å². The van der Waals surface area contributed by atoms with Crippen molar-refractivity contribution < 1.29 is 18.8 Å². The molecule has 1 N–H and O–H groups in total. The Labute approximate surface area is 146 Å². The first-order valence-corrected chi connectivity index (χ1v) is 8.29. The zero-order valence-electron chi connectivity index (χ0n) is 14.6. The SMILES string of the molecule is CCc1noc(CN(C)C(C)C(=O)Nc2ccc3c(c2)OCCO3)n1. The number of carbonyl (C=O) groups is 1. The lowest BCUT2D eigenvalue weighted by atomic mass is 10.2. The van der Waals surface area contributed by atoms with Crippen LogP contribution < -0.4 is 14.8 Å². The molecule has 0 aliphatic carbocycles. The number of aryl methyl sites for hydroxylation is 1. The number of nitrogens with zero attached hydrogens (tertiary/aromatic N) is 3. The minimum atomic E-state index is -0.370. The molecule has 1 atom stereocenters. The van der Waals surface area contributed by atoms with Gasteiger partial charge in [-0.3, -0.25) is 9.69 Å². The van der Waals surface area contributed by atoms with Gasteiger partial charge in [-0.1, -0.05) is 12.1 Å². The Morgan fingerprint density at radius 1 is 1.32 bits per heavy atom. The van der Waals surface area contributed by atoms with Crippen molar-refractivity contribution in [3.05, 3.63) is 29.9 Å². The summed E-state index contributed by atoms with van der Waals surface area (Å²) in [6.45, 7) is 5.23. The Bertz CT molecular complexity index is 746. The predicted octanol–water partition coefficient (Wildman–Crippen LogP) is 1.86. The number of ether oxygens (including phenoxy) is 2. The summed E-state index contributed by atoms with van der Waals surface area (Å²) in [5.74, 6) is 2.37. The summed E-state index contributed by atoms with van der Waals surface area (Å²) < 4.78 is 16.2. The fourth-order valence-electron chi connectivity index (χ4n) is 2.42. The highest BCUT2D eigenvalue weighted by molar-refractivity contribution is 5.94. The normalized spacial score (nSPS) is 14.4. The third-order valence-corrected chi connectivity index (χ3v) is 4.06. The molecule has 0 saturated heterocycles. The van der Waals surface area contributed by atoms with Crippen LogP contribution in [0.15, 0.2) is 22.7 Å². The molecule has 8 nitrogen and oxygen atoms in total. The number of likely N-dealkylation sites (N-methyl/N-ethyl adjacent to an activating group) is 1. The molecule has 3 rings (SSSR count). The summed E-state index contributed by atoms with van der Waals surface area (Å²) in [7, 11) is 1.84. The summed E-state index contributed by atoms with van der Waals surface area (Å²) in [4.78, 5) is 18.6. The van der Waals surface area contributed by atoms with Crippen LogP contribution >= 0.6 is 0 Å². The van der Waals surface area contributed by atoms with Gasteiger partial charge < -0.3 is 19.3 Å². The molecule has 0 saturated carbocycles. The Balaban J connectivity index is 1.59. The maximum atomic E-state index is 12.5. The van der Waals surface area contributed by atoms with E-state index in [1.807, 2.05) is 25.8 Å². The zero-order valence-corrected chi connectivity index (χ0v) is 14.6. The van der Waals surface area contributed by atoms with E-state index in [0.717, 1.165) is 0 Å². The van der Waals surface area contributed by atoms with Crippen LogP contribution in [0.25, 0.3) is 0 Å². The van der Waals surface area contributed by atoms with E-state index in [4.69, 9.17) is 14.0 Å². The first kappa shape index (κ1) is 17.2. The van der Waals surface area contributed by atoms with Crippen molar-refractivity contribution in [2.75, 3.05) is 25.6 Å². The molecule has 1 amide bonds. The molecule has 1 aromatic heterocycles. The first-order chi connectivity index (χ1) is 12.1. The number of anilines is 1. The minimum absolute atomic E-state index is 0.130. The van der Waals surface area contributed by atoms with Crippen LogP contribution in [0, 0.1) is 0 Å². The van der Waals surface area contributed by atoms with E-state index in [2.05, 4.69) is 15.5 Å². The van der Waals surface area contributed by atoms with E-state index < -0.39 is 0 Å². The fraction of sp³-hybridized carbons (Fsp3) is 0.471. The number of hydrogen-bond acceptors (Lipinski definition) is 7. The Hall–Kier alpha value is -2.61. The van der Waals surface area contributed by atoms with Crippen LogP contribution in [0.5, 0.6) is 11.5 Å². The van der Waals surface area contributed by atoms with Crippen molar-refractivity contribution in [1.29, 1.82) is 0 Å². The van der Waals surface area contributed by atoms with Crippen LogP contribution in [0.4, 0.5) is 5.69 Å². The van der Waals surface area contributed by atoms with E-state index in [1.54, 1.807) is 18.2 Å². The van der Waals surface area contributed by atoms with Gasteiger partial charge >= 0.3 is 0 Å². The highest BCUT2D eigenvalue weighted by Crippen LogP contribution is 2.32. The van der Waals surface area contributed by atoms with Crippen molar-refractivity contribution in [2.24, 2.45) is 0 Å². The number of nitrogens with one attached hydrogen (secondary N) is 1. The van der Waals surface area contributed by atoms with Gasteiger partial charge in [0.1, 0.15) is 13.2 Å². The maximum Gasteiger partial charge on any atom is 0.241 e. The standard InChI is InChI=1S/C17H22N4O4/c1-4-15-19-16(25-20-15)10-21(3)11(2)17(22)18-12-5-6-13-14(9-12)24-8-7-23-13/h5-6,9,11H,4,7-8,10H2,1-3H3,(H,18,22). The van der Waals surface area contributed by atoms with Crippen LogP contribution in [0.1, 0.15) is 25.6 Å². The maximum absolute atomic E-state index is 12.5. The lowest BCUT2D eigenvalue weighted by Crippen LogP contribution is -2.39. The number of benzene rings is 1. The van der Waals surface area contributed by atoms with Gasteiger partial charge in [0.2, 0.25) is 11.8 Å². The molecule has 25 heavy (non-hydrogen) atoms. The third-order valence-electron chi connectivity index (χ3n) is 4.06. The van der Waals surface area contributed by atoms with Gasteiger partial charge in [-0.2, -0.15) is 4.98 Å². The smallest absolute Gasteiger partial charge is 0.241 e. The Kier molecular flexibility index (Phi) is 5.18.